The summed E-state index contributed by atoms with van der Waals surface area (Å²) in [5.41, 5.74) is 1.62. The Morgan fingerprint density at radius 2 is 2.29 bits per heavy atom. The summed E-state index contributed by atoms with van der Waals surface area (Å²) in [5, 5.41) is 7.00. The standard InChI is InChI=1S/C11H19N3O3/c1-4-9-10(7-14(2)13-9)12-11(15)8-17-6-5-16-3/h7H,4-6,8H2,1-3H3,(H,12,15). The van der Waals surface area contributed by atoms with E-state index in [0.29, 0.717) is 13.2 Å². The third kappa shape index (κ3) is 4.54. The Kier molecular flexibility index (Phi) is 5.65. The number of carbonyl (C=O) groups excluding carboxylic acids is 1. The zero-order valence-corrected chi connectivity index (χ0v) is 10.5. The molecule has 0 aliphatic heterocycles. The molecule has 0 atom stereocenters. The quantitative estimate of drug-likeness (QED) is 0.709. The summed E-state index contributed by atoms with van der Waals surface area (Å²) >= 11 is 0. The first-order valence-electron chi connectivity index (χ1n) is 5.56. The van der Waals surface area contributed by atoms with E-state index in [-0.39, 0.29) is 12.5 Å². The first kappa shape index (κ1) is 13.7. The largest absolute Gasteiger partial charge is 0.382 e. The third-order valence-electron chi connectivity index (χ3n) is 2.18. The van der Waals surface area contributed by atoms with Crippen molar-refractivity contribution in [1.29, 1.82) is 0 Å². The number of carbonyl (C=O) groups is 1. The van der Waals surface area contributed by atoms with Gasteiger partial charge in [0.15, 0.2) is 0 Å². The Morgan fingerprint density at radius 1 is 1.53 bits per heavy atom. The zero-order valence-electron chi connectivity index (χ0n) is 10.5. The number of hydrogen-bond acceptors (Lipinski definition) is 4. The number of amides is 1. The van der Waals surface area contributed by atoms with Gasteiger partial charge < -0.3 is 14.8 Å². The van der Waals surface area contributed by atoms with Crippen molar-refractivity contribution >= 4 is 11.6 Å². The molecule has 1 aromatic rings. The highest BCUT2D eigenvalue weighted by molar-refractivity contribution is 5.92. The van der Waals surface area contributed by atoms with Crippen LogP contribution in [0, 0.1) is 0 Å². The van der Waals surface area contributed by atoms with E-state index in [1.54, 1.807) is 18.0 Å². The SMILES string of the molecule is CCc1nn(C)cc1NC(=O)COCCOC. The fourth-order valence-electron chi connectivity index (χ4n) is 1.39. The highest BCUT2D eigenvalue weighted by Crippen LogP contribution is 2.13. The predicted octanol–water partition coefficient (Wildman–Crippen LogP) is 0.584. The molecule has 0 unspecified atom stereocenters. The molecule has 0 spiro atoms. The molecule has 1 heterocycles. The molecule has 0 fully saturated rings. The number of hydrogen-bond donors (Lipinski definition) is 1. The van der Waals surface area contributed by atoms with E-state index in [2.05, 4.69) is 10.4 Å². The summed E-state index contributed by atoms with van der Waals surface area (Å²) in [5.74, 6) is -0.177. The monoisotopic (exact) mass is 241 g/mol. The van der Waals surface area contributed by atoms with Gasteiger partial charge in [0.1, 0.15) is 6.61 Å². The van der Waals surface area contributed by atoms with Crippen molar-refractivity contribution in [2.24, 2.45) is 7.05 Å². The first-order chi connectivity index (χ1) is 8.17. The van der Waals surface area contributed by atoms with Gasteiger partial charge >= 0.3 is 0 Å². The van der Waals surface area contributed by atoms with Crippen molar-refractivity contribution < 1.29 is 14.3 Å². The summed E-state index contributed by atoms with van der Waals surface area (Å²) in [6.45, 7) is 2.92. The van der Waals surface area contributed by atoms with Gasteiger partial charge in [0, 0.05) is 20.4 Å². The molecule has 0 aliphatic carbocycles. The Hall–Kier alpha value is -1.40. The van der Waals surface area contributed by atoms with Gasteiger partial charge in [-0.3, -0.25) is 9.48 Å². The maximum absolute atomic E-state index is 11.5. The second kappa shape index (κ2) is 7.03. The van der Waals surface area contributed by atoms with Crippen LogP contribution in [-0.2, 0) is 27.7 Å². The fraction of sp³-hybridized carbons (Fsp3) is 0.636. The number of rotatable bonds is 7. The van der Waals surface area contributed by atoms with Gasteiger partial charge in [0.25, 0.3) is 0 Å². The van der Waals surface area contributed by atoms with E-state index >= 15 is 0 Å². The summed E-state index contributed by atoms with van der Waals surface area (Å²) in [6.07, 6.45) is 2.56. The fourth-order valence-corrected chi connectivity index (χ4v) is 1.39. The van der Waals surface area contributed by atoms with Crippen molar-refractivity contribution in [3.8, 4) is 0 Å². The molecule has 1 rings (SSSR count). The number of aryl methyl sites for hydroxylation is 2. The van der Waals surface area contributed by atoms with Crippen molar-refractivity contribution in [2.75, 3.05) is 32.2 Å². The summed E-state index contributed by atoms with van der Waals surface area (Å²) in [7, 11) is 3.41. The number of anilines is 1. The lowest BCUT2D eigenvalue weighted by Gasteiger charge is -2.05. The smallest absolute Gasteiger partial charge is 0.250 e. The zero-order chi connectivity index (χ0) is 12.7. The van der Waals surface area contributed by atoms with Crippen LogP contribution in [0.1, 0.15) is 12.6 Å². The van der Waals surface area contributed by atoms with Gasteiger partial charge in [0.2, 0.25) is 5.91 Å². The van der Waals surface area contributed by atoms with Crippen LogP contribution in [-0.4, -0.2) is 42.6 Å². The topological polar surface area (TPSA) is 65.4 Å². The van der Waals surface area contributed by atoms with Gasteiger partial charge in [0.05, 0.1) is 24.6 Å². The van der Waals surface area contributed by atoms with Gasteiger partial charge in [-0.05, 0) is 6.42 Å². The van der Waals surface area contributed by atoms with Crippen LogP contribution >= 0.6 is 0 Å². The number of aromatic nitrogens is 2. The molecule has 96 valence electrons. The Morgan fingerprint density at radius 3 is 2.94 bits per heavy atom. The van der Waals surface area contributed by atoms with E-state index in [1.807, 2.05) is 14.0 Å². The molecule has 1 aromatic heterocycles. The average Bonchev–Trinajstić information content (AvgIpc) is 2.65. The summed E-state index contributed by atoms with van der Waals surface area (Å²) < 4.78 is 11.6. The number of nitrogens with zero attached hydrogens (tertiary/aromatic N) is 2. The Bertz CT molecular complexity index is 363. The highest BCUT2D eigenvalue weighted by atomic mass is 16.5. The van der Waals surface area contributed by atoms with Crippen LogP contribution in [0.2, 0.25) is 0 Å². The van der Waals surface area contributed by atoms with Gasteiger partial charge in [-0.1, -0.05) is 6.92 Å². The lowest BCUT2D eigenvalue weighted by molar-refractivity contribution is -0.121. The van der Waals surface area contributed by atoms with E-state index in [9.17, 15) is 4.79 Å². The summed E-state index contributed by atoms with van der Waals surface area (Å²) in [4.78, 5) is 11.5. The number of methoxy groups -OCH3 is 1. The first-order valence-corrected chi connectivity index (χ1v) is 5.56. The van der Waals surface area contributed by atoms with Crippen LogP contribution in [0.5, 0.6) is 0 Å². The van der Waals surface area contributed by atoms with Crippen LogP contribution in [0.3, 0.4) is 0 Å². The minimum absolute atomic E-state index is 0.0292. The molecule has 0 aliphatic rings. The maximum atomic E-state index is 11.5. The minimum atomic E-state index is -0.177. The lowest BCUT2D eigenvalue weighted by atomic mass is 10.3. The molecule has 17 heavy (non-hydrogen) atoms. The van der Waals surface area contributed by atoms with Gasteiger partial charge in [-0.2, -0.15) is 5.10 Å². The average molecular weight is 241 g/mol. The second-order valence-electron chi connectivity index (χ2n) is 3.61. The van der Waals surface area contributed by atoms with E-state index in [0.717, 1.165) is 17.8 Å². The maximum Gasteiger partial charge on any atom is 0.250 e. The van der Waals surface area contributed by atoms with Crippen LogP contribution in [0.15, 0.2) is 6.20 Å². The normalized spacial score (nSPS) is 10.5. The molecule has 6 nitrogen and oxygen atoms in total. The Balaban J connectivity index is 2.39. The molecule has 0 saturated carbocycles. The summed E-state index contributed by atoms with van der Waals surface area (Å²) in [6, 6.07) is 0. The molecule has 0 bridgehead atoms. The van der Waals surface area contributed by atoms with Crippen LogP contribution in [0.4, 0.5) is 5.69 Å². The molecule has 0 aromatic carbocycles. The molecule has 0 radical (unpaired) electrons. The van der Waals surface area contributed by atoms with Crippen LogP contribution < -0.4 is 5.32 Å². The minimum Gasteiger partial charge on any atom is -0.382 e. The molecule has 0 saturated heterocycles. The van der Waals surface area contributed by atoms with Crippen LogP contribution in [0.25, 0.3) is 0 Å². The Labute approximate surface area is 101 Å². The molecular formula is C11H19N3O3. The van der Waals surface area contributed by atoms with Crippen molar-refractivity contribution in [3.63, 3.8) is 0 Å². The molecule has 6 heteroatoms. The lowest BCUT2D eigenvalue weighted by Crippen LogP contribution is -2.20. The molecular weight excluding hydrogens is 222 g/mol. The molecule has 1 amide bonds. The van der Waals surface area contributed by atoms with Gasteiger partial charge in [-0.15, -0.1) is 0 Å². The molecule has 1 N–H and O–H groups in total. The van der Waals surface area contributed by atoms with E-state index in [1.165, 1.54) is 0 Å². The second-order valence-corrected chi connectivity index (χ2v) is 3.61. The van der Waals surface area contributed by atoms with Crippen molar-refractivity contribution in [2.45, 2.75) is 13.3 Å². The van der Waals surface area contributed by atoms with E-state index < -0.39 is 0 Å². The number of nitrogens with one attached hydrogen (secondary N) is 1. The highest BCUT2D eigenvalue weighted by Gasteiger charge is 2.09. The number of ether oxygens (including phenoxy) is 2. The third-order valence-corrected chi connectivity index (χ3v) is 2.18. The van der Waals surface area contributed by atoms with Crippen molar-refractivity contribution in [1.82, 2.24) is 9.78 Å². The van der Waals surface area contributed by atoms with Crippen molar-refractivity contribution in [3.05, 3.63) is 11.9 Å². The van der Waals surface area contributed by atoms with E-state index in [4.69, 9.17) is 9.47 Å². The predicted molar refractivity (Wildman–Crippen MR) is 63.9 cm³/mol. The van der Waals surface area contributed by atoms with Gasteiger partial charge in [-0.25, -0.2) is 0 Å².